The zero-order chi connectivity index (χ0) is 15.7. The van der Waals surface area contributed by atoms with Gasteiger partial charge in [0.05, 0.1) is 0 Å². The van der Waals surface area contributed by atoms with E-state index in [1.54, 1.807) is 0 Å². The molecule has 0 aliphatic rings. The summed E-state index contributed by atoms with van der Waals surface area (Å²) >= 11 is 37.0. The molecule has 0 aromatic carbocycles. The van der Waals surface area contributed by atoms with Crippen LogP contribution < -0.4 is 0 Å². The molecule has 0 aromatic heterocycles. The van der Waals surface area contributed by atoms with Gasteiger partial charge in [-0.25, -0.2) is 0 Å². The summed E-state index contributed by atoms with van der Waals surface area (Å²) in [6.45, 7) is 3.98. The summed E-state index contributed by atoms with van der Waals surface area (Å²) in [5.74, 6) is 0. The lowest BCUT2D eigenvalue weighted by Crippen LogP contribution is -2.19. The van der Waals surface area contributed by atoms with E-state index in [9.17, 15) is 0 Å². The van der Waals surface area contributed by atoms with Crippen molar-refractivity contribution in [1.82, 2.24) is 0 Å². The van der Waals surface area contributed by atoms with Crippen LogP contribution >= 0.6 is 69.6 Å². The first-order valence-corrected chi connectivity index (χ1v) is 9.70. The van der Waals surface area contributed by atoms with Gasteiger partial charge in [0.1, 0.15) is 0 Å². The van der Waals surface area contributed by atoms with Crippen LogP contribution in [0.3, 0.4) is 0 Å². The van der Waals surface area contributed by atoms with E-state index in [1.807, 2.05) is 13.8 Å². The summed E-state index contributed by atoms with van der Waals surface area (Å²) in [4.78, 5) is 0. The van der Waals surface area contributed by atoms with Gasteiger partial charge in [-0.2, -0.15) is 0 Å². The van der Waals surface area contributed by atoms with Crippen LogP contribution in [-0.4, -0.2) is 32.3 Å². The predicted octanol–water partition coefficient (Wildman–Crippen LogP) is 7.01. The van der Waals surface area contributed by atoms with Crippen LogP contribution in [0.4, 0.5) is 0 Å². The van der Waals surface area contributed by atoms with E-state index in [4.69, 9.17) is 69.6 Å². The Kier molecular flexibility index (Phi) is 13.3. The Balaban J connectivity index is 3.91. The third-order valence-electron chi connectivity index (χ3n) is 3.07. The highest BCUT2D eigenvalue weighted by molar-refractivity contribution is 6.26. The van der Waals surface area contributed by atoms with Gasteiger partial charge in [0.2, 0.25) is 0 Å². The Bertz CT molecular complexity index is 236. The lowest BCUT2D eigenvalue weighted by Gasteiger charge is -2.20. The molecule has 6 unspecified atom stereocenters. The van der Waals surface area contributed by atoms with Gasteiger partial charge in [0.15, 0.2) is 0 Å². The quantitative estimate of drug-likeness (QED) is 0.325. The number of alkyl halides is 6. The Hall–Kier alpha value is 1.74. The molecule has 0 nitrogen and oxygen atoms in total. The number of hydrogen-bond acceptors (Lipinski definition) is 0. The summed E-state index contributed by atoms with van der Waals surface area (Å²) in [5, 5.41) is 0.0856. The van der Waals surface area contributed by atoms with E-state index in [0.717, 1.165) is 19.3 Å². The molecule has 0 saturated carbocycles. The van der Waals surface area contributed by atoms with Gasteiger partial charge < -0.3 is 0 Å². The predicted molar refractivity (Wildman–Crippen MR) is 96.9 cm³/mol. The molecule has 0 rings (SSSR count). The van der Waals surface area contributed by atoms with Crippen LogP contribution in [0.1, 0.15) is 52.4 Å². The fourth-order valence-electron chi connectivity index (χ4n) is 2.01. The molecule has 0 radical (unpaired) electrons. The molecule has 0 bridgehead atoms. The standard InChI is InChI=1S/C14H24Cl6/c1-3-10(16)5-12(18)7-14(20)8-13(19)6-11(17)4-9(2)15/h9-14H,3-8H2,1-2H3. The van der Waals surface area contributed by atoms with Crippen LogP contribution in [0.25, 0.3) is 0 Å². The van der Waals surface area contributed by atoms with Crippen molar-refractivity contribution in [3.05, 3.63) is 0 Å². The van der Waals surface area contributed by atoms with Gasteiger partial charge in [-0.05, 0) is 45.4 Å². The Morgan fingerprint density at radius 3 is 1.15 bits per heavy atom. The van der Waals surface area contributed by atoms with Crippen molar-refractivity contribution >= 4 is 69.6 Å². The topological polar surface area (TPSA) is 0 Å². The lowest BCUT2D eigenvalue weighted by atomic mass is 10.0. The molecule has 20 heavy (non-hydrogen) atoms. The minimum absolute atomic E-state index is 0.00141. The van der Waals surface area contributed by atoms with Gasteiger partial charge in [0, 0.05) is 32.3 Å². The monoisotopic (exact) mass is 402 g/mol. The van der Waals surface area contributed by atoms with Crippen LogP contribution in [0.2, 0.25) is 0 Å². The van der Waals surface area contributed by atoms with Gasteiger partial charge >= 0.3 is 0 Å². The van der Waals surface area contributed by atoms with Crippen molar-refractivity contribution in [3.8, 4) is 0 Å². The summed E-state index contributed by atoms with van der Waals surface area (Å²) in [6, 6.07) is 0. The second-order valence-electron chi connectivity index (χ2n) is 5.35. The first kappa shape index (κ1) is 21.7. The SMILES string of the molecule is CCC(Cl)CC(Cl)CC(Cl)CC(Cl)CC(Cl)CC(C)Cl. The van der Waals surface area contributed by atoms with Crippen molar-refractivity contribution in [2.45, 2.75) is 84.6 Å². The first-order valence-electron chi connectivity index (χ1n) is 7.08. The summed E-state index contributed by atoms with van der Waals surface area (Å²) in [6.07, 6.45) is 4.57. The van der Waals surface area contributed by atoms with Crippen LogP contribution in [0, 0.1) is 0 Å². The smallest absolute Gasteiger partial charge is 0.0364 e. The highest BCUT2D eigenvalue weighted by Gasteiger charge is 2.21. The highest BCUT2D eigenvalue weighted by atomic mass is 35.5. The van der Waals surface area contributed by atoms with E-state index >= 15 is 0 Å². The molecule has 0 N–H and O–H groups in total. The minimum atomic E-state index is -0.0442. The van der Waals surface area contributed by atoms with Crippen LogP contribution in [-0.2, 0) is 0 Å². The van der Waals surface area contributed by atoms with Gasteiger partial charge in [-0.15, -0.1) is 69.6 Å². The molecule has 0 fully saturated rings. The van der Waals surface area contributed by atoms with Crippen molar-refractivity contribution in [2.24, 2.45) is 0 Å². The third kappa shape index (κ3) is 12.3. The van der Waals surface area contributed by atoms with E-state index in [1.165, 1.54) is 0 Å². The minimum Gasteiger partial charge on any atom is -0.123 e. The molecule has 0 amide bonds. The van der Waals surface area contributed by atoms with Crippen molar-refractivity contribution in [1.29, 1.82) is 0 Å². The molecule has 0 spiro atoms. The van der Waals surface area contributed by atoms with Crippen molar-refractivity contribution < 1.29 is 0 Å². The van der Waals surface area contributed by atoms with Gasteiger partial charge in [0.25, 0.3) is 0 Å². The van der Waals surface area contributed by atoms with Gasteiger partial charge in [-0.3, -0.25) is 0 Å². The van der Waals surface area contributed by atoms with Crippen LogP contribution in [0.15, 0.2) is 0 Å². The molecule has 6 heteroatoms. The zero-order valence-corrected chi connectivity index (χ0v) is 16.5. The van der Waals surface area contributed by atoms with Crippen LogP contribution in [0.5, 0.6) is 0 Å². The highest BCUT2D eigenvalue weighted by Crippen LogP contribution is 2.26. The van der Waals surface area contributed by atoms with E-state index in [2.05, 4.69) is 0 Å². The summed E-state index contributed by atoms with van der Waals surface area (Å²) in [5.41, 5.74) is 0. The molecule has 0 heterocycles. The molecule has 0 aliphatic carbocycles. The van der Waals surface area contributed by atoms with E-state index in [0.29, 0.717) is 19.3 Å². The Labute approximate surface area is 153 Å². The molecule has 0 aliphatic heterocycles. The van der Waals surface area contributed by atoms with Crippen molar-refractivity contribution in [3.63, 3.8) is 0 Å². The third-order valence-corrected chi connectivity index (χ3v) is 5.16. The molecule has 6 atom stereocenters. The Morgan fingerprint density at radius 1 is 0.550 bits per heavy atom. The van der Waals surface area contributed by atoms with E-state index < -0.39 is 0 Å². The fourth-order valence-corrected chi connectivity index (χ4v) is 4.67. The average Bonchev–Trinajstić information content (AvgIpc) is 2.26. The average molecular weight is 405 g/mol. The first-order chi connectivity index (χ1) is 9.24. The maximum atomic E-state index is 6.31. The number of hydrogen-bond donors (Lipinski definition) is 0. The fraction of sp³-hybridized carbons (Fsp3) is 1.00. The molecule has 0 saturated heterocycles. The lowest BCUT2D eigenvalue weighted by molar-refractivity contribution is 0.567. The summed E-state index contributed by atoms with van der Waals surface area (Å²) < 4.78 is 0. The number of halogens is 6. The summed E-state index contributed by atoms with van der Waals surface area (Å²) in [7, 11) is 0. The zero-order valence-electron chi connectivity index (χ0n) is 12.0. The maximum Gasteiger partial charge on any atom is 0.0364 e. The maximum absolute atomic E-state index is 6.31. The largest absolute Gasteiger partial charge is 0.123 e. The molecule has 0 aromatic rings. The van der Waals surface area contributed by atoms with Crippen molar-refractivity contribution in [2.75, 3.05) is 0 Å². The van der Waals surface area contributed by atoms with Gasteiger partial charge in [-0.1, -0.05) is 6.92 Å². The normalized spacial score (nSPS) is 21.0. The molecular weight excluding hydrogens is 381 g/mol. The molecular formula is C14H24Cl6. The number of rotatable bonds is 11. The Morgan fingerprint density at radius 2 is 0.850 bits per heavy atom. The molecule has 122 valence electrons. The van der Waals surface area contributed by atoms with E-state index in [-0.39, 0.29) is 32.3 Å². The second kappa shape index (κ2) is 12.2. The second-order valence-corrected chi connectivity index (χ2v) is 9.19.